The summed E-state index contributed by atoms with van der Waals surface area (Å²) in [5.74, 6) is 1.68. The average molecular weight is 407 g/mol. The lowest BCUT2D eigenvalue weighted by atomic mass is 10.2. The number of nitrogens with zero attached hydrogens (tertiary/aromatic N) is 3. The average Bonchev–Trinajstić information content (AvgIpc) is 3.17. The summed E-state index contributed by atoms with van der Waals surface area (Å²) in [7, 11) is 0. The number of para-hydroxylation sites is 2. The normalized spacial score (nSPS) is 10.8. The Labute approximate surface area is 173 Å². The Balaban J connectivity index is 1.52. The second kappa shape index (κ2) is 8.95. The topological polar surface area (TPSA) is 42.7 Å². The van der Waals surface area contributed by atoms with E-state index in [1.54, 1.807) is 11.8 Å². The number of hydrogen-bond acceptors (Lipinski definition) is 4. The van der Waals surface area contributed by atoms with Crippen LogP contribution in [0.3, 0.4) is 0 Å². The predicted octanol–water partition coefficient (Wildman–Crippen LogP) is 5.79. The Hall–Kier alpha value is -2.76. The van der Waals surface area contributed by atoms with E-state index in [0.717, 1.165) is 40.2 Å². The van der Waals surface area contributed by atoms with E-state index in [4.69, 9.17) is 21.7 Å². The maximum Gasteiger partial charge on any atom is 0.209 e. The monoisotopic (exact) mass is 406 g/mol. The van der Waals surface area contributed by atoms with Gasteiger partial charge in [-0.3, -0.25) is 0 Å². The molecule has 4 nitrogen and oxygen atoms in total. The second-order valence-electron chi connectivity index (χ2n) is 6.11. The van der Waals surface area contributed by atoms with Crippen molar-refractivity contribution in [1.29, 1.82) is 0 Å². The van der Waals surface area contributed by atoms with E-state index in [-0.39, 0.29) is 0 Å². The van der Waals surface area contributed by atoms with Crippen LogP contribution in [-0.4, -0.2) is 27.1 Å². The third-order valence-electron chi connectivity index (χ3n) is 4.13. The van der Waals surface area contributed by atoms with Crippen LogP contribution < -0.4 is 5.32 Å². The molecule has 0 aliphatic rings. The van der Waals surface area contributed by atoms with Gasteiger partial charge in [0.1, 0.15) is 0 Å². The number of hydrogen-bond donors (Lipinski definition) is 1. The molecule has 0 atom stereocenters. The molecule has 1 heterocycles. The van der Waals surface area contributed by atoms with Crippen molar-refractivity contribution >= 4 is 29.1 Å². The molecule has 1 N–H and O–H groups in total. The molecule has 28 heavy (non-hydrogen) atoms. The van der Waals surface area contributed by atoms with Gasteiger partial charge < -0.3 is 5.32 Å². The summed E-state index contributed by atoms with van der Waals surface area (Å²) >= 11 is 7.68. The fourth-order valence-electron chi connectivity index (χ4n) is 2.78. The van der Waals surface area contributed by atoms with Gasteiger partial charge in [0.2, 0.25) is 5.16 Å². The minimum absolute atomic E-state index is 0.705. The molecule has 0 unspecified atom stereocenters. The first-order valence-corrected chi connectivity index (χ1v) is 10.4. The first-order valence-electron chi connectivity index (χ1n) is 9.00. The summed E-state index contributed by atoms with van der Waals surface area (Å²) < 4.78 is 1.89. The fraction of sp³-hybridized carbons (Fsp3) is 0.0909. The Morgan fingerprint density at radius 3 is 2.25 bits per heavy atom. The maximum atomic E-state index is 6.04. The molecule has 0 amide bonds. The van der Waals surface area contributed by atoms with Crippen LogP contribution in [0.5, 0.6) is 0 Å². The molecule has 3 aromatic carbocycles. The van der Waals surface area contributed by atoms with Gasteiger partial charge in [-0.1, -0.05) is 59.8 Å². The zero-order valence-corrected chi connectivity index (χ0v) is 16.7. The number of aromatic nitrogens is 3. The fourth-order valence-corrected chi connectivity index (χ4v) is 3.59. The van der Waals surface area contributed by atoms with Crippen LogP contribution in [0.1, 0.15) is 0 Å². The van der Waals surface area contributed by atoms with Gasteiger partial charge in [0, 0.05) is 28.6 Å². The molecule has 4 rings (SSSR count). The first kappa shape index (κ1) is 18.6. The third kappa shape index (κ3) is 4.55. The van der Waals surface area contributed by atoms with Crippen molar-refractivity contribution in [2.24, 2.45) is 0 Å². The second-order valence-corrected chi connectivity index (χ2v) is 7.61. The van der Waals surface area contributed by atoms with Gasteiger partial charge in [0.05, 0.1) is 5.69 Å². The van der Waals surface area contributed by atoms with Crippen LogP contribution in [0.2, 0.25) is 5.02 Å². The molecule has 0 saturated carbocycles. The smallest absolute Gasteiger partial charge is 0.209 e. The molecular formula is C22H19ClN4S. The van der Waals surface area contributed by atoms with E-state index in [1.165, 1.54) is 0 Å². The molecule has 140 valence electrons. The molecule has 0 aliphatic carbocycles. The molecule has 1 aromatic heterocycles. The number of benzene rings is 3. The van der Waals surface area contributed by atoms with Crippen molar-refractivity contribution in [2.75, 3.05) is 17.6 Å². The third-order valence-corrected chi connectivity index (χ3v) is 5.22. The molecule has 0 bridgehead atoms. The van der Waals surface area contributed by atoms with Crippen molar-refractivity contribution in [3.05, 3.63) is 90.0 Å². The molecule has 0 aliphatic heterocycles. The quantitative estimate of drug-likeness (QED) is 0.311. The number of anilines is 1. The van der Waals surface area contributed by atoms with Gasteiger partial charge in [0.15, 0.2) is 5.82 Å². The van der Waals surface area contributed by atoms with E-state index < -0.39 is 0 Å². The Morgan fingerprint density at radius 1 is 0.857 bits per heavy atom. The highest BCUT2D eigenvalue weighted by Gasteiger charge is 2.14. The van der Waals surface area contributed by atoms with Crippen molar-refractivity contribution in [1.82, 2.24) is 14.8 Å². The van der Waals surface area contributed by atoms with Crippen LogP contribution in [0.25, 0.3) is 17.1 Å². The minimum atomic E-state index is 0.705. The predicted molar refractivity (Wildman–Crippen MR) is 117 cm³/mol. The maximum absolute atomic E-state index is 6.04. The van der Waals surface area contributed by atoms with Crippen LogP contribution in [0, 0.1) is 0 Å². The van der Waals surface area contributed by atoms with Gasteiger partial charge in [0.25, 0.3) is 0 Å². The summed E-state index contributed by atoms with van der Waals surface area (Å²) in [4.78, 5) is 4.78. The van der Waals surface area contributed by atoms with E-state index in [0.29, 0.717) is 5.02 Å². The van der Waals surface area contributed by atoms with Crippen molar-refractivity contribution in [3.63, 3.8) is 0 Å². The lowest BCUT2D eigenvalue weighted by molar-refractivity contribution is 0.839. The van der Waals surface area contributed by atoms with Gasteiger partial charge in [-0.15, -0.1) is 5.10 Å². The Bertz CT molecular complexity index is 1020. The molecular weight excluding hydrogens is 388 g/mol. The number of halogens is 1. The summed E-state index contributed by atoms with van der Waals surface area (Å²) in [6.45, 7) is 0.838. The molecule has 6 heteroatoms. The lowest BCUT2D eigenvalue weighted by Crippen LogP contribution is -2.03. The minimum Gasteiger partial charge on any atom is -0.384 e. The van der Waals surface area contributed by atoms with Gasteiger partial charge in [-0.2, -0.15) is 0 Å². The number of rotatable bonds is 7. The Kier molecular flexibility index (Phi) is 5.95. The van der Waals surface area contributed by atoms with E-state index in [9.17, 15) is 0 Å². The van der Waals surface area contributed by atoms with Crippen molar-refractivity contribution in [2.45, 2.75) is 5.16 Å². The van der Waals surface area contributed by atoms with Gasteiger partial charge >= 0.3 is 0 Å². The molecule has 0 radical (unpaired) electrons. The van der Waals surface area contributed by atoms with E-state index in [2.05, 4.69) is 17.4 Å². The highest BCUT2D eigenvalue weighted by Crippen LogP contribution is 2.26. The highest BCUT2D eigenvalue weighted by atomic mass is 35.5. The molecule has 4 aromatic rings. The van der Waals surface area contributed by atoms with E-state index >= 15 is 0 Å². The number of thioether (sulfide) groups is 1. The standard InChI is InChI=1S/C22H19ClN4S/c23-18-13-11-17(12-14-18)21-25-22(26-27(21)20-9-5-2-6-10-20)28-16-15-24-19-7-3-1-4-8-19/h1-14,24H,15-16H2. The van der Waals surface area contributed by atoms with Crippen LogP contribution in [0.15, 0.2) is 90.1 Å². The molecule has 0 fully saturated rings. The highest BCUT2D eigenvalue weighted by molar-refractivity contribution is 7.99. The van der Waals surface area contributed by atoms with Crippen LogP contribution in [-0.2, 0) is 0 Å². The van der Waals surface area contributed by atoms with Crippen LogP contribution >= 0.6 is 23.4 Å². The Morgan fingerprint density at radius 2 is 1.54 bits per heavy atom. The number of nitrogens with one attached hydrogen (secondary N) is 1. The van der Waals surface area contributed by atoms with Crippen molar-refractivity contribution in [3.8, 4) is 17.1 Å². The van der Waals surface area contributed by atoms with Crippen molar-refractivity contribution < 1.29 is 0 Å². The zero-order chi connectivity index (χ0) is 19.2. The zero-order valence-electron chi connectivity index (χ0n) is 15.1. The van der Waals surface area contributed by atoms with Crippen LogP contribution in [0.4, 0.5) is 5.69 Å². The summed E-state index contributed by atoms with van der Waals surface area (Å²) in [5.41, 5.74) is 3.08. The van der Waals surface area contributed by atoms with Gasteiger partial charge in [-0.25, -0.2) is 9.67 Å². The van der Waals surface area contributed by atoms with Gasteiger partial charge in [-0.05, 0) is 48.5 Å². The molecule has 0 saturated heterocycles. The first-order chi connectivity index (χ1) is 13.8. The molecule has 0 spiro atoms. The summed E-state index contributed by atoms with van der Waals surface area (Å²) in [5, 5.41) is 9.60. The largest absolute Gasteiger partial charge is 0.384 e. The summed E-state index contributed by atoms with van der Waals surface area (Å²) in [6, 6.07) is 27.9. The van der Waals surface area contributed by atoms with E-state index in [1.807, 2.05) is 77.5 Å². The summed E-state index contributed by atoms with van der Waals surface area (Å²) in [6.07, 6.45) is 0. The SMILES string of the molecule is Clc1ccc(-c2nc(SCCNc3ccccc3)nn2-c2ccccc2)cc1. The lowest BCUT2D eigenvalue weighted by Gasteiger charge is -2.05.